The fourth-order valence-corrected chi connectivity index (χ4v) is 4.31. The lowest BCUT2D eigenvalue weighted by atomic mass is 10.0. The van der Waals surface area contributed by atoms with Crippen LogP contribution < -0.4 is 14.4 Å². The van der Waals surface area contributed by atoms with Gasteiger partial charge in [0.15, 0.2) is 11.5 Å². The Labute approximate surface area is 175 Å². The van der Waals surface area contributed by atoms with Gasteiger partial charge in [0.25, 0.3) is 0 Å². The first kappa shape index (κ1) is 19.0. The fraction of sp³-hybridized carbons (Fsp3) is 0.333. The minimum Gasteiger partial charge on any atom is -0.468 e. The van der Waals surface area contributed by atoms with Crippen molar-refractivity contribution in [3.8, 4) is 11.5 Å². The standard InChI is InChI=1S/C24H25FN2O3/c25-19-5-3-18(4-6-19)15-27(16-22-2-1-13-28-22)20-9-11-26(12-10-20)21-7-8-23-24(14-21)30-17-29-23/h1-8,13-14,20H,9-12,15-17H2. The number of nitrogens with zero attached hydrogens (tertiary/aromatic N) is 2. The van der Waals surface area contributed by atoms with Crippen LogP contribution in [0.3, 0.4) is 0 Å². The van der Waals surface area contributed by atoms with E-state index >= 15 is 0 Å². The van der Waals surface area contributed by atoms with Crippen molar-refractivity contribution < 1.29 is 18.3 Å². The largest absolute Gasteiger partial charge is 0.468 e. The maximum atomic E-state index is 13.3. The molecule has 0 unspecified atom stereocenters. The van der Waals surface area contributed by atoms with Crippen molar-refractivity contribution in [1.29, 1.82) is 0 Å². The summed E-state index contributed by atoms with van der Waals surface area (Å²) in [5.41, 5.74) is 2.29. The molecule has 30 heavy (non-hydrogen) atoms. The Morgan fingerprint density at radius 2 is 1.73 bits per heavy atom. The zero-order valence-corrected chi connectivity index (χ0v) is 16.8. The lowest BCUT2D eigenvalue weighted by molar-refractivity contribution is 0.141. The number of rotatable bonds is 6. The number of ether oxygens (including phenoxy) is 2. The van der Waals surface area contributed by atoms with Gasteiger partial charge in [-0.15, -0.1) is 0 Å². The normalized spacial score (nSPS) is 16.4. The van der Waals surface area contributed by atoms with E-state index in [4.69, 9.17) is 13.9 Å². The molecule has 0 N–H and O–H groups in total. The summed E-state index contributed by atoms with van der Waals surface area (Å²) in [6.45, 7) is 3.77. The first-order valence-electron chi connectivity index (χ1n) is 10.4. The molecule has 0 radical (unpaired) electrons. The summed E-state index contributed by atoms with van der Waals surface area (Å²) in [4.78, 5) is 4.85. The molecular weight excluding hydrogens is 383 g/mol. The number of hydrogen-bond donors (Lipinski definition) is 0. The lowest BCUT2D eigenvalue weighted by Crippen LogP contribution is -2.44. The number of piperidine rings is 1. The van der Waals surface area contributed by atoms with E-state index in [1.165, 1.54) is 17.8 Å². The molecule has 1 saturated heterocycles. The molecule has 3 aromatic rings. The van der Waals surface area contributed by atoms with Crippen LogP contribution in [0, 0.1) is 5.82 Å². The minimum absolute atomic E-state index is 0.201. The van der Waals surface area contributed by atoms with Gasteiger partial charge in [-0.05, 0) is 54.8 Å². The summed E-state index contributed by atoms with van der Waals surface area (Å²) in [6.07, 6.45) is 3.82. The van der Waals surface area contributed by atoms with E-state index in [-0.39, 0.29) is 5.82 Å². The first-order chi connectivity index (χ1) is 14.7. The zero-order valence-electron chi connectivity index (χ0n) is 16.8. The Morgan fingerprint density at radius 1 is 0.933 bits per heavy atom. The van der Waals surface area contributed by atoms with Crippen LogP contribution in [0.5, 0.6) is 11.5 Å². The van der Waals surface area contributed by atoms with Crippen molar-refractivity contribution in [3.05, 3.63) is 78.0 Å². The second-order valence-electron chi connectivity index (χ2n) is 7.87. The SMILES string of the molecule is Fc1ccc(CN(Cc2ccco2)C2CCN(c3ccc4c(c3)OCO4)CC2)cc1. The van der Waals surface area contributed by atoms with E-state index in [1.807, 2.05) is 30.3 Å². The van der Waals surface area contributed by atoms with Gasteiger partial charge in [0.2, 0.25) is 6.79 Å². The molecule has 3 heterocycles. The summed E-state index contributed by atoms with van der Waals surface area (Å²) in [5, 5.41) is 0. The highest BCUT2D eigenvalue weighted by molar-refractivity contribution is 5.57. The highest BCUT2D eigenvalue weighted by Crippen LogP contribution is 2.36. The molecule has 0 saturated carbocycles. The summed E-state index contributed by atoms with van der Waals surface area (Å²) >= 11 is 0. The number of hydrogen-bond acceptors (Lipinski definition) is 5. The van der Waals surface area contributed by atoms with E-state index in [0.29, 0.717) is 12.8 Å². The van der Waals surface area contributed by atoms with E-state index in [2.05, 4.69) is 21.9 Å². The van der Waals surface area contributed by atoms with E-state index in [0.717, 1.165) is 61.8 Å². The van der Waals surface area contributed by atoms with Gasteiger partial charge < -0.3 is 18.8 Å². The lowest BCUT2D eigenvalue weighted by Gasteiger charge is -2.39. The maximum absolute atomic E-state index is 13.3. The van der Waals surface area contributed by atoms with E-state index in [9.17, 15) is 4.39 Å². The predicted molar refractivity (Wildman–Crippen MR) is 112 cm³/mol. The van der Waals surface area contributed by atoms with Crippen molar-refractivity contribution in [2.24, 2.45) is 0 Å². The van der Waals surface area contributed by atoms with Crippen molar-refractivity contribution in [3.63, 3.8) is 0 Å². The van der Waals surface area contributed by atoms with Gasteiger partial charge in [0.05, 0.1) is 12.8 Å². The van der Waals surface area contributed by atoms with Crippen molar-refractivity contribution in [1.82, 2.24) is 4.90 Å². The number of halogens is 1. The third-order valence-corrected chi connectivity index (χ3v) is 5.94. The van der Waals surface area contributed by atoms with Gasteiger partial charge in [-0.2, -0.15) is 0 Å². The van der Waals surface area contributed by atoms with Crippen LogP contribution >= 0.6 is 0 Å². The molecule has 5 rings (SSSR count). The molecule has 5 nitrogen and oxygen atoms in total. The average molecular weight is 408 g/mol. The van der Waals surface area contributed by atoms with Gasteiger partial charge in [-0.1, -0.05) is 12.1 Å². The monoisotopic (exact) mass is 408 g/mol. The number of fused-ring (bicyclic) bond motifs is 1. The van der Waals surface area contributed by atoms with Crippen LogP contribution in [-0.4, -0.2) is 30.8 Å². The maximum Gasteiger partial charge on any atom is 0.231 e. The second-order valence-corrected chi connectivity index (χ2v) is 7.87. The highest BCUT2D eigenvalue weighted by Gasteiger charge is 2.26. The molecule has 0 spiro atoms. The van der Waals surface area contributed by atoms with Crippen LogP contribution in [0.15, 0.2) is 65.3 Å². The Bertz CT molecular complexity index is 967. The van der Waals surface area contributed by atoms with Crippen molar-refractivity contribution in [2.75, 3.05) is 24.8 Å². The Kier molecular flexibility index (Phi) is 5.32. The Hall–Kier alpha value is -2.99. The second kappa shape index (κ2) is 8.40. The smallest absolute Gasteiger partial charge is 0.231 e. The highest BCUT2D eigenvalue weighted by atomic mass is 19.1. The van der Waals surface area contributed by atoms with Gasteiger partial charge in [-0.25, -0.2) is 4.39 Å². The summed E-state index contributed by atoms with van der Waals surface area (Å²) in [7, 11) is 0. The molecule has 1 fully saturated rings. The predicted octanol–water partition coefficient (Wildman–Crippen LogP) is 4.82. The Balaban J connectivity index is 1.27. The third kappa shape index (κ3) is 4.14. The molecule has 6 heteroatoms. The molecule has 1 aromatic heterocycles. The van der Waals surface area contributed by atoms with Gasteiger partial charge in [0, 0.05) is 37.4 Å². The molecule has 0 aliphatic carbocycles. The molecule has 2 aromatic carbocycles. The van der Waals surface area contributed by atoms with Crippen LogP contribution in [0.25, 0.3) is 0 Å². The van der Waals surface area contributed by atoms with E-state index in [1.54, 1.807) is 6.26 Å². The average Bonchev–Trinajstić information content (AvgIpc) is 3.46. The van der Waals surface area contributed by atoms with Gasteiger partial charge in [0.1, 0.15) is 11.6 Å². The molecule has 2 aliphatic rings. The summed E-state index contributed by atoms with van der Waals surface area (Å²) in [6, 6.07) is 17.3. The van der Waals surface area contributed by atoms with Crippen LogP contribution in [-0.2, 0) is 13.1 Å². The minimum atomic E-state index is -0.201. The molecule has 0 amide bonds. The number of anilines is 1. The number of benzene rings is 2. The third-order valence-electron chi connectivity index (χ3n) is 5.94. The van der Waals surface area contributed by atoms with Crippen molar-refractivity contribution in [2.45, 2.75) is 32.0 Å². The zero-order chi connectivity index (χ0) is 20.3. The van der Waals surface area contributed by atoms with Gasteiger partial charge >= 0.3 is 0 Å². The quantitative estimate of drug-likeness (QED) is 0.585. The molecule has 2 aliphatic heterocycles. The first-order valence-corrected chi connectivity index (χ1v) is 10.4. The number of furan rings is 1. The van der Waals surface area contributed by atoms with E-state index < -0.39 is 0 Å². The molecule has 0 atom stereocenters. The summed E-state index contributed by atoms with van der Waals surface area (Å²) in [5.74, 6) is 2.40. The van der Waals surface area contributed by atoms with Crippen LogP contribution in [0.2, 0.25) is 0 Å². The van der Waals surface area contributed by atoms with Crippen molar-refractivity contribution >= 4 is 5.69 Å². The summed E-state index contributed by atoms with van der Waals surface area (Å²) < 4.78 is 29.9. The fourth-order valence-electron chi connectivity index (χ4n) is 4.31. The van der Waals surface area contributed by atoms with Crippen LogP contribution in [0.4, 0.5) is 10.1 Å². The molecule has 0 bridgehead atoms. The van der Waals surface area contributed by atoms with Gasteiger partial charge in [-0.3, -0.25) is 4.90 Å². The molecular formula is C24H25FN2O3. The van der Waals surface area contributed by atoms with Crippen LogP contribution in [0.1, 0.15) is 24.2 Å². The molecule has 156 valence electrons. The topological polar surface area (TPSA) is 38.1 Å². The Morgan fingerprint density at radius 3 is 2.50 bits per heavy atom.